The number of ether oxygens (including phenoxy) is 1. The lowest BCUT2D eigenvalue weighted by Gasteiger charge is -2.42. The minimum absolute atomic E-state index is 0.0520. The molecule has 126 valence electrons. The first-order chi connectivity index (χ1) is 10.5. The van der Waals surface area contributed by atoms with Gasteiger partial charge in [-0.3, -0.25) is 10.1 Å². The number of carboxylic acid groups (broad SMARTS) is 1. The highest BCUT2D eigenvalue weighted by molar-refractivity contribution is 5.87. The second kappa shape index (κ2) is 5.81. The van der Waals surface area contributed by atoms with Crippen LogP contribution in [0.1, 0.15) is 39.2 Å². The lowest BCUT2D eigenvalue weighted by atomic mass is 9.62. The molecule has 0 aliphatic heterocycles. The van der Waals surface area contributed by atoms with E-state index in [-0.39, 0.29) is 24.1 Å². The maximum absolute atomic E-state index is 14.1. The highest BCUT2D eigenvalue weighted by Crippen LogP contribution is 2.45. The summed E-state index contributed by atoms with van der Waals surface area (Å²) in [5.74, 6) is -1.88. The van der Waals surface area contributed by atoms with Crippen molar-refractivity contribution in [3.8, 4) is 0 Å². The fourth-order valence-electron chi connectivity index (χ4n) is 2.65. The van der Waals surface area contributed by atoms with Crippen molar-refractivity contribution in [2.24, 2.45) is 0 Å². The van der Waals surface area contributed by atoms with Gasteiger partial charge in [0.2, 0.25) is 0 Å². The Morgan fingerprint density at radius 3 is 2.43 bits per heavy atom. The van der Waals surface area contributed by atoms with Gasteiger partial charge in [-0.25, -0.2) is 9.18 Å². The van der Waals surface area contributed by atoms with Crippen molar-refractivity contribution >= 4 is 17.7 Å². The lowest BCUT2D eigenvalue weighted by molar-refractivity contribution is -0.153. The molecule has 1 amide bonds. The van der Waals surface area contributed by atoms with Gasteiger partial charge in [0.25, 0.3) is 0 Å². The van der Waals surface area contributed by atoms with Crippen LogP contribution in [0.25, 0.3) is 0 Å². The molecule has 0 saturated heterocycles. The van der Waals surface area contributed by atoms with Gasteiger partial charge in [-0.15, -0.1) is 0 Å². The second-order valence-corrected chi connectivity index (χ2v) is 6.77. The fourth-order valence-corrected chi connectivity index (χ4v) is 2.65. The zero-order valence-corrected chi connectivity index (χ0v) is 13.2. The SMILES string of the molecule is CC(C)(C)OC(=O)Nc1ccc(F)c(C2(C(=O)O)CC(O)C2)c1. The predicted octanol–water partition coefficient (Wildman–Crippen LogP) is 2.65. The molecule has 1 aromatic rings. The van der Waals surface area contributed by atoms with Crippen LogP contribution < -0.4 is 5.32 Å². The van der Waals surface area contributed by atoms with Crippen molar-refractivity contribution in [3.05, 3.63) is 29.6 Å². The number of hydrogen-bond acceptors (Lipinski definition) is 4. The largest absolute Gasteiger partial charge is 0.481 e. The number of aliphatic hydroxyl groups excluding tert-OH is 1. The Morgan fingerprint density at radius 2 is 1.96 bits per heavy atom. The predicted molar refractivity (Wildman–Crippen MR) is 80.8 cm³/mol. The van der Waals surface area contributed by atoms with Crippen molar-refractivity contribution in [2.45, 2.75) is 50.7 Å². The normalized spacial score (nSPS) is 23.8. The summed E-state index contributed by atoms with van der Waals surface area (Å²) in [7, 11) is 0. The van der Waals surface area contributed by atoms with Crippen molar-refractivity contribution in [2.75, 3.05) is 5.32 Å². The van der Waals surface area contributed by atoms with Gasteiger partial charge in [-0.05, 0) is 51.8 Å². The monoisotopic (exact) mass is 325 g/mol. The highest BCUT2D eigenvalue weighted by atomic mass is 19.1. The number of carbonyl (C=O) groups excluding carboxylic acids is 1. The molecule has 0 atom stereocenters. The number of rotatable bonds is 3. The van der Waals surface area contributed by atoms with Gasteiger partial charge >= 0.3 is 12.1 Å². The Kier molecular flexibility index (Phi) is 4.34. The average molecular weight is 325 g/mol. The number of carbonyl (C=O) groups is 2. The minimum Gasteiger partial charge on any atom is -0.481 e. The molecule has 3 N–H and O–H groups in total. The van der Waals surface area contributed by atoms with E-state index < -0.39 is 35.0 Å². The van der Waals surface area contributed by atoms with E-state index in [1.165, 1.54) is 12.1 Å². The Labute approximate surface area is 133 Å². The number of halogens is 1. The number of carboxylic acids is 1. The molecule has 0 radical (unpaired) electrons. The Balaban J connectivity index is 2.26. The van der Waals surface area contributed by atoms with Crippen molar-refractivity contribution in [1.29, 1.82) is 0 Å². The summed E-state index contributed by atoms with van der Waals surface area (Å²) in [5.41, 5.74) is -1.97. The first kappa shape index (κ1) is 17.2. The van der Waals surface area contributed by atoms with Gasteiger partial charge in [0.05, 0.1) is 6.10 Å². The number of aliphatic carboxylic acids is 1. The van der Waals surface area contributed by atoms with Gasteiger partial charge in [0, 0.05) is 11.3 Å². The van der Waals surface area contributed by atoms with Crippen LogP contribution in [-0.4, -0.2) is 34.0 Å². The summed E-state index contributed by atoms with van der Waals surface area (Å²) in [5, 5.41) is 21.3. The number of benzene rings is 1. The number of anilines is 1. The standard InChI is InChI=1S/C16H20FNO5/c1-15(2,3)23-14(22)18-9-4-5-12(17)11(6-9)16(13(20)21)7-10(19)8-16/h4-6,10,19H,7-8H2,1-3H3,(H,18,22)(H,20,21). The van der Waals surface area contributed by atoms with Crippen LogP contribution in [0.4, 0.5) is 14.9 Å². The Morgan fingerprint density at radius 1 is 1.35 bits per heavy atom. The van der Waals surface area contributed by atoms with E-state index in [9.17, 15) is 24.2 Å². The van der Waals surface area contributed by atoms with Crippen LogP contribution in [0.15, 0.2) is 18.2 Å². The Hall–Kier alpha value is -2.15. The van der Waals surface area contributed by atoms with E-state index in [4.69, 9.17) is 4.74 Å². The molecule has 6 nitrogen and oxygen atoms in total. The highest BCUT2D eigenvalue weighted by Gasteiger charge is 2.52. The molecule has 1 aromatic carbocycles. The summed E-state index contributed by atoms with van der Waals surface area (Å²) in [6, 6.07) is 3.70. The third kappa shape index (κ3) is 3.61. The van der Waals surface area contributed by atoms with E-state index in [0.29, 0.717) is 0 Å². The van der Waals surface area contributed by atoms with E-state index in [1.54, 1.807) is 20.8 Å². The summed E-state index contributed by atoms with van der Waals surface area (Å²) in [6.07, 6.45) is -1.61. The van der Waals surface area contributed by atoms with E-state index in [1.807, 2.05) is 0 Å². The second-order valence-electron chi connectivity index (χ2n) is 6.77. The summed E-state index contributed by atoms with van der Waals surface area (Å²) in [6.45, 7) is 5.12. The molecular formula is C16H20FNO5. The van der Waals surface area contributed by atoms with Crippen LogP contribution in [-0.2, 0) is 14.9 Å². The number of amides is 1. The zero-order chi connectivity index (χ0) is 17.4. The molecule has 0 heterocycles. The fraction of sp³-hybridized carbons (Fsp3) is 0.500. The average Bonchev–Trinajstić information content (AvgIpc) is 2.34. The van der Waals surface area contributed by atoms with Crippen LogP contribution in [0.2, 0.25) is 0 Å². The van der Waals surface area contributed by atoms with Crippen LogP contribution in [0, 0.1) is 5.82 Å². The first-order valence-corrected chi connectivity index (χ1v) is 7.25. The maximum Gasteiger partial charge on any atom is 0.412 e. The molecule has 1 aliphatic carbocycles. The molecule has 1 saturated carbocycles. The van der Waals surface area contributed by atoms with Crippen molar-refractivity contribution < 1.29 is 28.9 Å². The van der Waals surface area contributed by atoms with Crippen molar-refractivity contribution in [1.82, 2.24) is 0 Å². The maximum atomic E-state index is 14.1. The quantitative estimate of drug-likeness (QED) is 0.794. The molecule has 1 aliphatic rings. The summed E-state index contributed by atoms with van der Waals surface area (Å²) >= 11 is 0. The molecule has 0 aromatic heterocycles. The van der Waals surface area contributed by atoms with Crippen LogP contribution in [0.5, 0.6) is 0 Å². The molecule has 23 heavy (non-hydrogen) atoms. The first-order valence-electron chi connectivity index (χ1n) is 7.25. The third-order valence-corrected chi connectivity index (χ3v) is 3.70. The van der Waals surface area contributed by atoms with Gasteiger partial charge in [-0.1, -0.05) is 0 Å². The molecule has 0 bridgehead atoms. The van der Waals surface area contributed by atoms with Gasteiger partial charge in [-0.2, -0.15) is 0 Å². The zero-order valence-electron chi connectivity index (χ0n) is 13.2. The van der Waals surface area contributed by atoms with Gasteiger partial charge < -0.3 is 14.9 Å². The molecule has 1 fully saturated rings. The van der Waals surface area contributed by atoms with E-state index in [0.717, 1.165) is 6.07 Å². The smallest absolute Gasteiger partial charge is 0.412 e. The Bertz CT molecular complexity index is 632. The van der Waals surface area contributed by atoms with Gasteiger partial charge in [0.15, 0.2) is 0 Å². The summed E-state index contributed by atoms with van der Waals surface area (Å²) < 4.78 is 19.2. The lowest BCUT2D eigenvalue weighted by Crippen LogP contribution is -2.51. The van der Waals surface area contributed by atoms with Crippen molar-refractivity contribution in [3.63, 3.8) is 0 Å². The topological polar surface area (TPSA) is 95.9 Å². The minimum atomic E-state index is -1.46. The van der Waals surface area contributed by atoms with Gasteiger partial charge in [0.1, 0.15) is 16.8 Å². The van der Waals surface area contributed by atoms with E-state index in [2.05, 4.69) is 5.32 Å². The molecule has 0 unspecified atom stereocenters. The van der Waals surface area contributed by atoms with Crippen LogP contribution in [0.3, 0.4) is 0 Å². The molecular weight excluding hydrogens is 305 g/mol. The molecule has 0 spiro atoms. The summed E-state index contributed by atoms with van der Waals surface area (Å²) in [4.78, 5) is 23.3. The van der Waals surface area contributed by atoms with Crippen LogP contribution >= 0.6 is 0 Å². The number of nitrogens with one attached hydrogen (secondary N) is 1. The van der Waals surface area contributed by atoms with E-state index >= 15 is 0 Å². The number of aliphatic hydroxyl groups is 1. The number of hydrogen-bond donors (Lipinski definition) is 3. The molecule has 2 rings (SSSR count). The third-order valence-electron chi connectivity index (χ3n) is 3.70. The molecule has 7 heteroatoms.